The van der Waals surface area contributed by atoms with Gasteiger partial charge >= 0.3 is 0 Å². The zero-order valence-electron chi connectivity index (χ0n) is 11.1. The summed E-state index contributed by atoms with van der Waals surface area (Å²) in [5, 5.41) is 10.4. The van der Waals surface area contributed by atoms with Crippen molar-refractivity contribution in [1.29, 1.82) is 0 Å². The minimum absolute atomic E-state index is 0.198. The first-order valence-electron chi connectivity index (χ1n) is 6.72. The maximum Gasteiger partial charge on any atom is 0.203 e. The molecule has 0 bridgehead atoms. The highest BCUT2D eigenvalue weighted by molar-refractivity contribution is 5.56. The first-order valence-corrected chi connectivity index (χ1v) is 6.72. The number of aromatic hydroxyl groups is 1. The van der Waals surface area contributed by atoms with Gasteiger partial charge in [-0.1, -0.05) is 0 Å². The molecule has 0 aromatic heterocycles. The molecule has 2 atom stereocenters. The predicted molar refractivity (Wildman–Crippen MR) is 71.6 cm³/mol. The first-order chi connectivity index (χ1) is 9.20. The molecule has 2 heterocycles. The molecule has 0 saturated carbocycles. The Morgan fingerprint density at radius 3 is 2.89 bits per heavy atom. The van der Waals surface area contributed by atoms with E-state index in [2.05, 4.69) is 11.9 Å². The third-order valence-electron chi connectivity index (χ3n) is 4.04. The second kappa shape index (κ2) is 4.90. The van der Waals surface area contributed by atoms with Crippen molar-refractivity contribution in [2.45, 2.75) is 12.5 Å². The third-order valence-corrected chi connectivity index (χ3v) is 4.04. The molecule has 3 N–H and O–H groups in total. The average molecular weight is 264 g/mol. The molecule has 1 aromatic rings. The largest absolute Gasteiger partial charge is 0.504 e. The van der Waals surface area contributed by atoms with Crippen LogP contribution in [-0.4, -0.2) is 43.4 Å². The Bertz CT molecular complexity index is 478. The summed E-state index contributed by atoms with van der Waals surface area (Å²) >= 11 is 0. The number of phenols is 1. The SMILES string of the molecule is CN1CC(CN)CC1c1ccc2c(c1O)OCCO2. The molecular weight excluding hydrogens is 244 g/mol. The van der Waals surface area contributed by atoms with E-state index in [1.54, 1.807) is 0 Å². The topological polar surface area (TPSA) is 68.0 Å². The highest BCUT2D eigenvalue weighted by atomic mass is 16.6. The molecule has 3 rings (SSSR count). The fourth-order valence-corrected chi connectivity index (χ4v) is 3.03. The number of rotatable bonds is 2. The zero-order chi connectivity index (χ0) is 13.4. The number of nitrogens with zero attached hydrogens (tertiary/aromatic N) is 1. The lowest BCUT2D eigenvalue weighted by atomic mass is 9.98. The fourth-order valence-electron chi connectivity index (χ4n) is 3.03. The molecule has 1 aromatic carbocycles. The summed E-state index contributed by atoms with van der Waals surface area (Å²) < 4.78 is 11.0. The van der Waals surface area contributed by atoms with E-state index in [0.717, 1.165) is 18.5 Å². The molecule has 0 radical (unpaired) electrons. The number of hydrogen-bond acceptors (Lipinski definition) is 5. The van der Waals surface area contributed by atoms with Gasteiger partial charge in [0.1, 0.15) is 13.2 Å². The highest BCUT2D eigenvalue weighted by Gasteiger charge is 2.33. The van der Waals surface area contributed by atoms with Gasteiger partial charge in [0, 0.05) is 18.2 Å². The Balaban J connectivity index is 1.93. The van der Waals surface area contributed by atoms with Crippen molar-refractivity contribution >= 4 is 0 Å². The molecule has 104 valence electrons. The number of fused-ring (bicyclic) bond motifs is 1. The molecule has 0 aliphatic carbocycles. The van der Waals surface area contributed by atoms with E-state index in [4.69, 9.17) is 15.2 Å². The Kier molecular flexibility index (Phi) is 3.24. The van der Waals surface area contributed by atoms with E-state index < -0.39 is 0 Å². The van der Waals surface area contributed by atoms with E-state index in [1.165, 1.54) is 0 Å². The second-order valence-corrected chi connectivity index (χ2v) is 5.32. The lowest BCUT2D eigenvalue weighted by Crippen LogP contribution is -2.21. The van der Waals surface area contributed by atoms with Crippen LogP contribution in [0, 0.1) is 5.92 Å². The van der Waals surface area contributed by atoms with Crippen LogP contribution in [0.1, 0.15) is 18.0 Å². The smallest absolute Gasteiger partial charge is 0.203 e. The number of benzene rings is 1. The summed E-state index contributed by atoms with van der Waals surface area (Å²) in [6.07, 6.45) is 0.972. The van der Waals surface area contributed by atoms with Crippen LogP contribution in [0.2, 0.25) is 0 Å². The number of phenolic OH excluding ortho intramolecular Hbond substituents is 1. The van der Waals surface area contributed by atoms with Crippen molar-refractivity contribution in [1.82, 2.24) is 4.90 Å². The Morgan fingerprint density at radius 2 is 2.16 bits per heavy atom. The molecule has 2 aliphatic heterocycles. The van der Waals surface area contributed by atoms with Crippen LogP contribution in [0.4, 0.5) is 0 Å². The van der Waals surface area contributed by atoms with Crippen LogP contribution < -0.4 is 15.2 Å². The van der Waals surface area contributed by atoms with Gasteiger partial charge in [0.05, 0.1) is 0 Å². The summed E-state index contributed by atoms with van der Waals surface area (Å²) in [7, 11) is 2.07. The Morgan fingerprint density at radius 1 is 1.37 bits per heavy atom. The van der Waals surface area contributed by atoms with Crippen molar-refractivity contribution < 1.29 is 14.6 Å². The van der Waals surface area contributed by atoms with E-state index in [9.17, 15) is 5.11 Å². The quantitative estimate of drug-likeness (QED) is 0.837. The third kappa shape index (κ3) is 2.13. The normalized spacial score (nSPS) is 26.6. The van der Waals surface area contributed by atoms with Gasteiger partial charge in [0.25, 0.3) is 0 Å². The molecule has 5 nitrogen and oxygen atoms in total. The van der Waals surface area contributed by atoms with Gasteiger partial charge in [0.2, 0.25) is 5.75 Å². The number of likely N-dealkylation sites (tertiary alicyclic amines) is 1. The number of nitrogens with two attached hydrogens (primary N) is 1. The van der Waals surface area contributed by atoms with Gasteiger partial charge in [-0.05, 0) is 38.1 Å². The van der Waals surface area contributed by atoms with Gasteiger partial charge in [-0.15, -0.1) is 0 Å². The van der Waals surface area contributed by atoms with Gasteiger partial charge in [-0.25, -0.2) is 0 Å². The van der Waals surface area contributed by atoms with Gasteiger partial charge in [-0.3, -0.25) is 4.90 Å². The summed E-state index contributed by atoms with van der Waals surface area (Å²) in [4.78, 5) is 2.24. The van der Waals surface area contributed by atoms with Crippen LogP contribution in [0.15, 0.2) is 12.1 Å². The lowest BCUT2D eigenvalue weighted by Gasteiger charge is -2.25. The van der Waals surface area contributed by atoms with Crippen LogP contribution in [0.25, 0.3) is 0 Å². The van der Waals surface area contributed by atoms with E-state index in [1.807, 2.05) is 12.1 Å². The lowest BCUT2D eigenvalue weighted by molar-refractivity contribution is 0.164. The summed E-state index contributed by atoms with van der Waals surface area (Å²) in [5.74, 6) is 1.81. The molecule has 2 unspecified atom stereocenters. The second-order valence-electron chi connectivity index (χ2n) is 5.32. The van der Waals surface area contributed by atoms with Crippen LogP contribution in [-0.2, 0) is 0 Å². The van der Waals surface area contributed by atoms with E-state index in [0.29, 0.717) is 37.2 Å². The van der Waals surface area contributed by atoms with Crippen molar-refractivity contribution in [3.63, 3.8) is 0 Å². The van der Waals surface area contributed by atoms with Crippen molar-refractivity contribution in [3.05, 3.63) is 17.7 Å². The molecule has 2 aliphatic rings. The number of hydrogen-bond donors (Lipinski definition) is 2. The summed E-state index contributed by atoms with van der Waals surface area (Å²) in [6, 6.07) is 4.01. The predicted octanol–water partition coefficient (Wildman–Crippen LogP) is 1.11. The van der Waals surface area contributed by atoms with Crippen LogP contribution in [0.5, 0.6) is 17.2 Å². The van der Waals surface area contributed by atoms with Crippen LogP contribution >= 0.6 is 0 Å². The first kappa shape index (κ1) is 12.6. The van der Waals surface area contributed by atoms with Crippen molar-refractivity contribution in [3.8, 4) is 17.2 Å². The molecule has 0 amide bonds. The Hall–Kier alpha value is -1.46. The van der Waals surface area contributed by atoms with Crippen molar-refractivity contribution in [2.75, 3.05) is 33.4 Å². The van der Waals surface area contributed by atoms with Gasteiger partial charge in [0.15, 0.2) is 11.5 Å². The van der Waals surface area contributed by atoms with Gasteiger partial charge < -0.3 is 20.3 Å². The van der Waals surface area contributed by atoms with E-state index >= 15 is 0 Å². The summed E-state index contributed by atoms with van der Waals surface area (Å²) in [6.45, 7) is 2.67. The van der Waals surface area contributed by atoms with E-state index in [-0.39, 0.29) is 11.8 Å². The highest BCUT2D eigenvalue weighted by Crippen LogP contribution is 2.46. The minimum atomic E-state index is 0.198. The average Bonchev–Trinajstić information content (AvgIpc) is 2.81. The number of ether oxygens (including phenoxy) is 2. The minimum Gasteiger partial charge on any atom is -0.504 e. The molecule has 1 saturated heterocycles. The summed E-state index contributed by atoms with van der Waals surface area (Å²) in [5.41, 5.74) is 6.66. The molecule has 5 heteroatoms. The monoisotopic (exact) mass is 264 g/mol. The van der Waals surface area contributed by atoms with Crippen LogP contribution in [0.3, 0.4) is 0 Å². The molecular formula is C14H20N2O3. The van der Waals surface area contributed by atoms with Crippen molar-refractivity contribution in [2.24, 2.45) is 11.7 Å². The Labute approximate surface area is 112 Å². The van der Waals surface area contributed by atoms with Gasteiger partial charge in [-0.2, -0.15) is 0 Å². The molecule has 1 fully saturated rings. The maximum absolute atomic E-state index is 10.4. The maximum atomic E-state index is 10.4. The standard InChI is InChI=1S/C14H20N2O3/c1-16-8-9(7-15)6-11(16)10-2-3-12-14(13(10)17)19-5-4-18-12/h2-3,9,11,17H,4-8,15H2,1H3. The molecule has 19 heavy (non-hydrogen) atoms. The molecule has 0 spiro atoms. The zero-order valence-corrected chi connectivity index (χ0v) is 11.1. The fraction of sp³-hybridized carbons (Fsp3) is 0.571.